The minimum atomic E-state index is -1.24. The van der Waals surface area contributed by atoms with Crippen molar-refractivity contribution in [2.24, 2.45) is 0 Å². The Hall–Kier alpha value is -2.30. The van der Waals surface area contributed by atoms with Crippen LogP contribution >= 0.6 is 11.6 Å². The fraction of sp³-hybridized carbons (Fsp3) is 0.312. The fourth-order valence-corrected chi connectivity index (χ4v) is 2.94. The van der Waals surface area contributed by atoms with Gasteiger partial charge in [-0.1, -0.05) is 11.6 Å². The van der Waals surface area contributed by atoms with Crippen molar-refractivity contribution in [2.45, 2.75) is 24.5 Å². The molecule has 1 aromatic carbocycles. The van der Waals surface area contributed by atoms with Crippen LogP contribution in [0.2, 0.25) is 5.02 Å². The van der Waals surface area contributed by atoms with E-state index in [0.29, 0.717) is 21.9 Å². The zero-order valence-electron chi connectivity index (χ0n) is 13.3. The first-order chi connectivity index (χ1) is 12.6. The van der Waals surface area contributed by atoms with Crippen LogP contribution in [0.25, 0.3) is 11.2 Å². The van der Waals surface area contributed by atoms with Crippen LogP contribution in [0.5, 0.6) is 11.6 Å². The van der Waals surface area contributed by atoms with Crippen molar-refractivity contribution in [3.05, 3.63) is 41.9 Å². The summed E-state index contributed by atoms with van der Waals surface area (Å²) in [7, 11) is 0. The summed E-state index contributed by atoms with van der Waals surface area (Å²) in [5, 5.41) is 29.9. The quantitative estimate of drug-likeness (QED) is 0.611. The normalized spacial score (nSPS) is 25.7. The standard InChI is InChI=1S/C16H15ClN4O5/c17-8-1-3-9(4-2-8)25-15-11-14(18-6-19-15)21(7-20-11)16-13(24)12(23)10(5-22)26-16/h1-4,6-7,10,12-13,16,22-24H,5H2/t10-,12-,13-,16-/m1/s1. The van der Waals surface area contributed by atoms with E-state index < -0.39 is 31.1 Å². The monoisotopic (exact) mass is 378 g/mol. The van der Waals surface area contributed by atoms with Crippen LogP contribution < -0.4 is 4.74 Å². The average Bonchev–Trinajstić information content (AvgIpc) is 3.19. The second-order valence-corrected chi connectivity index (χ2v) is 6.22. The topological polar surface area (TPSA) is 123 Å². The lowest BCUT2D eigenvalue weighted by Crippen LogP contribution is -2.33. The molecule has 0 unspecified atom stereocenters. The number of fused-ring (bicyclic) bond motifs is 1. The molecule has 1 saturated heterocycles. The zero-order chi connectivity index (χ0) is 18.3. The molecule has 1 fully saturated rings. The third kappa shape index (κ3) is 2.89. The van der Waals surface area contributed by atoms with Gasteiger partial charge in [0.1, 0.15) is 30.4 Å². The van der Waals surface area contributed by atoms with E-state index in [1.807, 2.05) is 0 Å². The van der Waals surface area contributed by atoms with E-state index >= 15 is 0 Å². The summed E-state index contributed by atoms with van der Waals surface area (Å²) in [6.07, 6.45) is -1.57. The second kappa shape index (κ2) is 6.78. The van der Waals surface area contributed by atoms with Crippen LogP contribution in [-0.4, -0.2) is 59.8 Å². The molecule has 10 heteroatoms. The Balaban J connectivity index is 1.68. The van der Waals surface area contributed by atoms with E-state index in [0.717, 1.165) is 0 Å². The molecular weight excluding hydrogens is 364 g/mol. The molecule has 0 aliphatic carbocycles. The van der Waals surface area contributed by atoms with Gasteiger partial charge in [0.25, 0.3) is 5.88 Å². The molecule has 26 heavy (non-hydrogen) atoms. The van der Waals surface area contributed by atoms with E-state index in [9.17, 15) is 15.3 Å². The Labute approximate surface area is 152 Å². The van der Waals surface area contributed by atoms with Crippen LogP contribution in [0, 0.1) is 0 Å². The van der Waals surface area contributed by atoms with Gasteiger partial charge in [0.2, 0.25) is 0 Å². The maximum atomic E-state index is 10.2. The molecule has 2 aromatic heterocycles. The third-order valence-electron chi connectivity index (χ3n) is 4.14. The molecule has 0 amide bonds. The molecule has 0 spiro atoms. The number of aliphatic hydroxyl groups is 3. The highest BCUT2D eigenvalue weighted by molar-refractivity contribution is 6.30. The number of imidazole rings is 1. The molecule has 1 aliphatic rings. The Morgan fingerprint density at radius 2 is 1.88 bits per heavy atom. The molecule has 136 valence electrons. The molecule has 4 rings (SSSR count). The number of hydrogen-bond donors (Lipinski definition) is 3. The molecule has 3 heterocycles. The summed E-state index contributed by atoms with van der Waals surface area (Å²) in [5.74, 6) is 0.750. The van der Waals surface area contributed by atoms with Crippen molar-refractivity contribution in [2.75, 3.05) is 6.61 Å². The number of hydrogen-bond acceptors (Lipinski definition) is 8. The lowest BCUT2D eigenvalue weighted by atomic mass is 10.1. The van der Waals surface area contributed by atoms with Gasteiger partial charge in [-0.2, -0.15) is 4.98 Å². The number of nitrogens with zero attached hydrogens (tertiary/aromatic N) is 4. The Morgan fingerprint density at radius 1 is 1.12 bits per heavy atom. The number of rotatable bonds is 4. The highest BCUT2D eigenvalue weighted by Gasteiger charge is 2.44. The predicted octanol–water partition coefficient (Wildman–Crippen LogP) is 0.883. The molecule has 3 N–H and O–H groups in total. The van der Waals surface area contributed by atoms with Gasteiger partial charge in [-0.05, 0) is 24.3 Å². The Bertz CT molecular complexity index is 919. The highest BCUT2D eigenvalue weighted by atomic mass is 35.5. The second-order valence-electron chi connectivity index (χ2n) is 5.79. The van der Waals surface area contributed by atoms with Crippen LogP contribution in [-0.2, 0) is 4.74 Å². The summed E-state index contributed by atoms with van der Waals surface area (Å²) in [5.41, 5.74) is 0.721. The summed E-state index contributed by atoms with van der Waals surface area (Å²) < 4.78 is 12.7. The summed E-state index contributed by atoms with van der Waals surface area (Å²) in [6.45, 7) is -0.415. The molecule has 3 aromatic rings. The van der Waals surface area contributed by atoms with Crippen LogP contribution in [0.1, 0.15) is 6.23 Å². The SMILES string of the molecule is OC[C@H]1O[C@@H](n2cnc3c(Oc4ccc(Cl)cc4)ncnc32)[C@H](O)[C@@H]1O. The van der Waals surface area contributed by atoms with Gasteiger partial charge in [-0.3, -0.25) is 4.57 Å². The van der Waals surface area contributed by atoms with Gasteiger partial charge in [0.05, 0.1) is 12.9 Å². The van der Waals surface area contributed by atoms with E-state index in [4.69, 9.17) is 21.1 Å². The van der Waals surface area contributed by atoms with Gasteiger partial charge in [0, 0.05) is 5.02 Å². The first kappa shape index (κ1) is 17.1. The number of ether oxygens (including phenoxy) is 2. The van der Waals surface area contributed by atoms with Gasteiger partial charge in [-0.15, -0.1) is 0 Å². The third-order valence-corrected chi connectivity index (χ3v) is 4.40. The van der Waals surface area contributed by atoms with E-state index in [1.54, 1.807) is 24.3 Å². The summed E-state index contributed by atoms with van der Waals surface area (Å²) in [6, 6.07) is 6.76. The minimum Gasteiger partial charge on any atom is -0.437 e. The molecule has 1 aliphatic heterocycles. The van der Waals surface area contributed by atoms with Crippen molar-refractivity contribution < 1.29 is 24.8 Å². The first-order valence-corrected chi connectivity index (χ1v) is 8.19. The molecule has 9 nitrogen and oxygen atoms in total. The Morgan fingerprint density at radius 3 is 2.58 bits per heavy atom. The van der Waals surface area contributed by atoms with Crippen LogP contribution in [0.3, 0.4) is 0 Å². The van der Waals surface area contributed by atoms with E-state index in [-0.39, 0.29) is 5.88 Å². The van der Waals surface area contributed by atoms with Crippen molar-refractivity contribution in [3.8, 4) is 11.6 Å². The first-order valence-electron chi connectivity index (χ1n) is 7.82. The Kier molecular flexibility index (Phi) is 4.47. The molecular formula is C16H15ClN4O5. The van der Waals surface area contributed by atoms with Gasteiger partial charge in [-0.25, -0.2) is 9.97 Å². The van der Waals surface area contributed by atoms with Gasteiger partial charge in [0.15, 0.2) is 17.4 Å². The molecule has 0 bridgehead atoms. The maximum absolute atomic E-state index is 10.2. The lowest BCUT2D eigenvalue weighted by molar-refractivity contribution is -0.0511. The number of aromatic nitrogens is 4. The zero-order valence-corrected chi connectivity index (χ0v) is 14.1. The fourth-order valence-electron chi connectivity index (χ4n) is 2.82. The van der Waals surface area contributed by atoms with Gasteiger partial charge >= 0.3 is 0 Å². The van der Waals surface area contributed by atoms with Crippen molar-refractivity contribution in [3.63, 3.8) is 0 Å². The van der Waals surface area contributed by atoms with Crippen molar-refractivity contribution in [1.82, 2.24) is 19.5 Å². The largest absolute Gasteiger partial charge is 0.437 e. The predicted molar refractivity (Wildman–Crippen MR) is 89.9 cm³/mol. The van der Waals surface area contributed by atoms with Crippen molar-refractivity contribution >= 4 is 22.8 Å². The average molecular weight is 379 g/mol. The lowest BCUT2D eigenvalue weighted by Gasteiger charge is -2.16. The number of aliphatic hydroxyl groups excluding tert-OH is 3. The summed E-state index contributed by atoms with van der Waals surface area (Å²) in [4.78, 5) is 12.5. The maximum Gasteiger partial charge on any atom is 0.250 e. The summed E-state index contributed by atoms with van der Waals surface area (Å²) >= 11 is 5.86. The molecule has 0 saturated carbocycles. The number of benzene rings is 1. The highest BCUT2D eigenvalue weighted by Crippen LogP contribution is 2.33. The van der Waals surface area contributed by atoms with E-state index in [1.165, 1.54) is 17.2 Å². The van der Waals surface area contributed by atoms with Crippen molar-refractivity contribution in [1.29, 1.82) is 0 Å². The van der Waals surface area contributed by atoms with E-state index in [2.05, 4.69) is 15.0 Å². The number of halogens is 1. The minimum absolute atomic E-state index is 0.225. The van der Waals surface area contributed by atoms with Crippen LogP contribution in [0.4, 0.5) is 0 Å². The smallest absolute Gasteiger partial charge is 0.250 e. The van der Waals surface area contributed by atoms with Gasteiger partial charge < -0.3 is 24.8 Å². The van der Waals surface area contributed by atoms with Crippen LogP contribution in [0.15, 0.2) is 36.9 Å². The molecule has 0 radical (unpaired) electrons. The molecule has 4 atom stereocenters.